The third-order valence-electron chi connectivity index (χ3n) is 3.58. The molecule has 0 spiro atoms. The third kappa shape index (κ3) is 3.67. The van der Waals surface area contributed by atoms with E-state index in [9.17, 15) is 4.79 Å². The molecule has 2 rings (SSSR count). The van der Waals surface area contributed by atoms with Crippen molar-refractivity contribution < 1.29 is 14.3 Å². The summed E-state index contributed by atoms with van der Waals surface area (Å²) in [6.45, 7) is 7.70. The third-order valence-corrected chi connectivity index (χ3v) is 3.58. The average Bonchev–Trinajstić information content (AvgIpc) is 2.88. The van der Waals surface area contributed by atoms with Crippen molar-refractivity contribution in [3.63, 3.8) is 0 Å². The minimum absolute atomic E-state index is 0.0985. The van der Waals surface area contributed by atoms with Gasteiger partial charge in [-0.1, -0.05) is 0 Å². The Morgan fingerprint density at radius 3 is 3.11 bits per heavy atom. The molecule has 18 heavy (non-hydrogen) atoms. The molecule has 2 aliphatic heterocycles. The Labute approximate surface area is 109 Å². The molecule has 104 valence electrons. The second kappa shape index (κ2) is 6.50. The van der Waals surface area contributed by atoms with Gasteiger partial charge in [0.05, 0.1) is 12.7 Å². The summed E-state index contributed by atoms with van der Waals surface area (Å²) >= 11 is 0. The van der Waals surface area contributed by atoms with Gasteiger partial charge in [0.25, 0.3) is 5.91 Å². The highest BCUT2D eigenvalue weighted by molar-refractivity contribution is 5.80. The van der Waals surface area contributed by atoms with Crippen LogP contribution < -0.4 is 5.32 Å². The van der Waals surface area contributed by atoms with E-state index in [4.69, 9.17) is 9.47 Å². The zero-order chi connectivity index (χ0) is 13.0. The molecule has 5 nitrogen and oxygen atoms in total. The molecule has 2 heterocycles. The normalized spacial score (nSPS) is 30.4. The zero-order valence-electron chi connectivity index (χ0n) is 11.4. The zero-order valence-corrected chi connectivity index (χ0v) is 11.4. The van der Waals surface area contributed by atoms with Gasteiger partial charge in [0.2, 0.25) is 0 Å². The van der Waals surface area contributed by atoms with Crippen LogP contribution in [0.1, 0.15) is 26.7 Å². The van der Waals surface area contributed by atoms with Crippen LogP contribution in [0.15, 0.2) is 0 Å². The molecule has 0 aliphatic carbocycles. The van der Waals surface area contributed by atoms with E-state index in [0.717, 1.165) is 39.1 Å². The van der Waals surface area contributed by atoms with Crippen molar-refractivity contribution in [1.29, 1.82) is 0 Å². The fourth-order valence-electron chi connectivity index (χ4n) is 2.49. The molecule has 3 atom stereocenters. The van der Waals surface area contributed by atoms with Gasteiger partial charge in [0.1, 0.15) is 6.10 Å². The monoisotopic (exact) mass is 256 g/mol. The molecule has 2 aliphatic rings. The molecule has 3 unspecified atom stereocenters. The first-order valence-electron chi connectivity index (χ1n) is 6.92. The molecule has 2 saturated heterocycles. The highest BCUT2D eigenvalue weighted by atomic mass is 16.5. The van der Waals surface area contributed by atoms with Crippen molar-refractivity contribution in [3.05, 3.63) is 0 Å². The van der Waals surface area contributed by atoms with Gasteiger partial charge in [-0.3, -0.25) is 4.79 Å². The molecule has 1 N–H and O–H groups in total. The van der Waals surface area contributed by atoms with E-state index in [-0.39, 0.29) is 18.1 Å². The lowest BCUT2D eigenvalue weighted by Crippen LogP contribution is -2.53. The number of hydrogen-bond acceptors (Lipinski definition) is 4. The van der Waals surface area contributed by atoms with E-state index in [0.29, 0.717) is 12.6 Å². The number of ether oxygens (including phenoxy) is 2. The number of hydrogen-bond donors (Lipinski definition) is 1. The summed E-state index contributed by atoms with van der Waals surface area (Å²) in [7, 11) is 0. The van der Waals surface area contributed by atoms with Crippen LogP contribution in [-0.2, 0) is 14.3 Å². The van der Waals surface area contributed by atoms with Crippen LogP contribution in [0.2, 0.25) is 0 Å². The van der Waals surface area contributed by atoms with E-state index < -0.39 is 0 Å². The Morgan fingerprint density at radius 1 is 1.61 bits per heavy atom. The second-order valence-electron chi connectivity index (χ2n) is 5.25. The standard InChI is InChI=1S/C13H24N2O3/c1-10-8-15(6-5-14-10)13(16)11(2)18-9-12-4-3-7-17-12/h10-12,14H,3-9H2,1-2H3. The van der Waals surface area contributed by atoms with Crippen LogP contribution in [0.5, 0.6) is 0 Å². The fourth-order valence-corrected chi connectivity index (χ4v) is 2.49. The molecule has 2 fully saturated rings. The Morgan fingerprint density at radius 2 is 2.44 bits per heavy atom. The van der Waals surface area contributed by atoms with Crippen molar-refractivity contribution in [2.75, 3.05) is 32.8 Å². The number of piperazine rings is 1. The Balaban J connectivity index is 1.73. The van der Waals surface area contributed by atoms with Gasteiger partial charge < -0.3 is 19.7 Å². The summed E-state index contributed by atoms with van der Waals surface area (Å²) in [4.78, 5) is 14.1. The van der Waals surface area contributed by atoms with Gasteiger partial charge in [0.15, 0.2) is 0 Å². The summed E-state index contributed by atoms with van der Waals surface area (Å²) in [5, 5.41) is 3.33. The number of nitrogens with zero attached hydrogens (tertiary/aromatic N) is 1. The van der Waals surface area contributed by atoms with Crippen LogP contribution in [0.3, 0.4) is 0 Å². The molecule has 0 aromatic heterocycles. The van der Waals surface area contributed by atoms with E-state index in [1.165, 1.54) is 0 Å². The smallest absolute Gasteiger partial charge is 0.251 e. The largest absolute Gasteiger partial charge is 0.376 e. The fraction of sp³-hybridized carbons (Fsp3) is 0.923. The summed E-state index contributed by atoms with van der Waals surface area (Å²) < 4.78 is 11.1. The number of carbonyl (C=O) groups excluding carboxylic acids is 1. The summed E-state index contributed by atoms with van der Waals surface area (Å²) in [5.74, 6) is 0.0985. The van der Waals surface area contributed by atoms with Crippen molar-refractivity contribution >= 4 is 5.91 Å². The summed E-state index contributed by atoms with van der Waals surface area (Å²) in [6, 6.07) is 0.369. The minimum Gasteiger partial charge on any atom is -0.376 e. The number of carbonyl (C=O) groups is 1. The molecule has 1 amide bonds. The SMILES string of the molecule is CC1CN(C(=O)C(C)OCC2CCCO2)CCN1. The minimum atomic E-state index is -0.362. The van der Waals surface area contributed by atoms with Gasteiger partial charge in [0, 0.05) is 32.3 Å². The Kier molecular flexibility index (Phi) is 4.97. The first-order chi connectivity index (χ1) is 8.66. The van der Waals surface area contributed by atoms with Crippen LogP contribution in [0.4, 0.5) is 0 Å². The molecule has 0 radical (unpaired) electrons. The van der Waals surface area contributed by atoms with Gasteiger partial charge in [-0.25, -0.2) is 0 Å². The van der Waals surface area contributed by atoms with Crippen molar-refractivity contribution in [3.8, 4) is 0 Å². The lowest BCUT2D eigenvalue weighted by Gasteiger charge is -2.33. The molecular weight excluding hydrogens is 232 g/mol. The van der Waals surface area contributed by atoms with Gasteiger partial charge in [-0.15, -0.1) is 0 Å². The maximum atomic E-state index is 12.2. The second-order valence-corrected chi connectivity index (χ2v) is 5.25. The lowest BCUT2D eigenvalue weighted by atomic mass is 10.2. The van der Waals surface area contributed by atoms with Crippen LogP contribution in [0.25, 0.3) is 0 Å². The van der Waals surface area contributed by atoms with Crippen molar-refractivity contribution in [1.82, 2.24) is 10.2 Å². The molecule has 0 aromatic carbocycles. The number of amides is 1. The van der Waals surface area contributed by atoms with Gasteiger partial charge >= 0.3 is 0 Å². The number of nitrogens with one attached hydrogen (secondary N) is 1. The summed E-state index contributed by atoms with van der Waals surface area (Å²) in [6.07, 6.45) is 1.97. The van der Waals surface area contributed by atoms with Crippen molar-refractivity contribution in [2.45, 2.75) is 44.9 Å². The van der Waals surface area contributed by atoms with Crippen LogP contribution >= 0.6 is 0 Å². The number of rotatable bonds is 4. The van der Waals surface area contributed by atoms with E-state index in [1.54, 1.807) is 0 Å². The lowest BCUT2D eigenvalue weighted by molar-refractivity contribution is -0.145. The van der Waals surface area contributed by atoms with E-state index >= 15 is 0 Å². The Hall–Kier alpha value is -0.650. The average molecular weight is 256 g/mol. The van der Waals surface area contributed by atoms with E-state index in [1.807, 2.05) is 11.8 Å². The highest BCUT2D eigenvalue weighted by Crippen LogP contribution is 2.13. The molecule has 0 aromatic rings. The predicted octanol–water partition coefficient (Wildman–Crippen LogP) is 0.391. The molecule has 5 heteroatoms. The highest BCUT2D eigenvalue weighted by Gasteiger charge is 2.26. The van der Waals surface area contributed by atoms with Gasteiger partial charge in [-0.05, 0) is 26.7 Å². The molecule has 0 saturated carbocycles. The summed E-state index contributed by atoms with van der Waals surface area (Å²) in [5.41, 5.74) is 0. The van der Waals surface area contributed by atoms with E-state index in [2.05, 4.69) is 12.2 Å². The first-order valence-corrected chi connectivity index (χ1v) is 6.92. The first kappa shape index (κ1) is 13.8. The topological polar surface area (TPSA) is 50.8 Å². The van der Waals surface area contributed by atoms with Crippen molar-refractivity contribution in [2.24, 2.45) is 0 Å². The van der Waals surface area contributed by atoms with Crippen LogP contribution in [-0.4, -0.2) is 61.9 Å². The molecule has 0 bridgehead atoms. The Bertz CT molecular complexity index is 279. The predicted molar refractivity (Wildman–Crippen MR) is 68.4 cm³/mol. The maximum Gasteiger partial charge on any atom is 0.251 e. The quantitative estimate of drug-likeness (QED) is 0.790. The maximum absolute atomic E-state index is 12.2. The molecular formula is C13H24N2O3. The van der Waals surface area contributed by atoms with Gasteiger partial charge in [-0.2, -0.15) is 0 Å². The van der Waals surface area contributed by atoms with Crippen LogP contribution in [0, 0.1) is 0 Å².